The van der Waals surface area contributed by atoms with Gasteiger partial charge >= 0.3 is 0 Å². The molecule has 0 N–H and O–H groups in total. The maximum absolute atomic E-state index is 4.07. The number of hydrogen-bond acceptors (Lipinski definition) is 0. The van der Waals surface area contributed by atoms with Crippen molar-refractivity contribution < 1.29 is 0 Å². The van der Waals surface area contributed by atoms with Gasteiger partial charge in [0.25, 0.3) is 0 Å². The third kappa shape index (κ3) is 2.87. The third-order valence-corrected chi connectivity index (χ3v) is 3.29. The van der Waals surface area contributed by atoms with Crippen LogP contribution in [0.2, 0.25) is 0 Å². The Morgan fingerprint density at radius 3 is 2.93 bits per heavy atom. The van der Waals surface area contributed by atoms with Gasteiger partial charge < -0.3 is 0 Å². The van der Waals surface area contributed by atoms with Crippen LogP contribution in [0.5, 0.6) is 0 Å². The first-order valence-electron chi connectivity index (χ1n) is 5.58. The molecule has 0 heteroatoms. The van der Waals surface area contributed by atoms with Crippen LogP contribution in [0.25, 0.3) is 0 Å². The van der Waals surface area contributed by atoms with Crippen LogP contribution in [0, 0.1) is 11.8 Å². The van der Waals surface area contributed by atoms with Crippen LogP contribution in [0.15, 0.2) is 36.0 Å². The second-order valence-corrected chi connectivity index (χ2v) is 4.46. The van der Waals surface area contributed by atoms with Crippen molar-refractivity contribution in [2.75, 3.05) is 0 Å². The van der Waals surface area contributed by atoms with Crippen molar-refractivity contribution in [3.05, 3.63) is 36.0 Å². The van der Waals surface area contributed by atoms with Gasteiger partial charge in [-0.25, -0.2) is 0 Å². The van der Waals surface area contributed by atoms with E-state index in [-0.39, 0.29) is 0 Å². The molecule has 0 saturated carbocycles. The Morgan fingerprint density at radius 2 is 2.36 bits per heavy atom. The van der Waals surface area contributed by atoms with Gasteiger partial charge in [-0.05, 0) is 51.9 Å². The van der Waals surface area contributed by atoms with Crippen molar-refractivity contribution in [1.29, 1.82) is 0 Å². The summed E-state index contributed by atoms with van der Waals surface area (Å²) in [5, 5.41) is 0. The molecule has 1 rings (SSSR count). The molecule has 2 atom stereocenters. The van der Waals surface area contributed by atoms with Gasteiger partial charge in [0, 0.05) is 0 Å². The zero-order chi connectivity index (χ0) is 10.6. The van der Waals surface area contributed by atoms with Gasteiger partial charge in [-0.15, -0.1) is 0 Å². The lowest BCUT2D eigenvalue weighted by Crippen LogP contribution is -2.15. The van der Waals surface area contributed by atoms with Gasteiger partial charge in [0.2, 0.25) is 0 Å². The molecular formula is C14H22. The molecule has 0 amide bonds. The van der Waals surface area contributed by atoms with Gasteiger partial charge in [0.05, 0.1) is 0 Å². The van der Waals surface area contributed by atoms with Gasteiger partial charge in [0.15, 0.2) is 0 Å². The van der Waals surface area contributed by atoms with Gasteiger partial charge in [0.1, 0.15) is 0 Å². The summed E-state index contributed by atoms with van der Waals surface area (Å²) < 4.78 is 0. The van der Waals surface area contributed by atoms with E-state index >= 15 is 0 Å². The van der Waals surface area contributed by atoms with Crippen molar-refractivity contribution in [2.45, 2.75) is 40.0 Å². The Bertz CT molecular complexity index is 255. The van der Waals surface area contributed by atoms with E-state index in [4.69, 9.17) is 0 Å². The monoisotopic (exact) mass is 190 g/mol. The second-order valence-electron chi connectivity index (χ2n) is 4.46. The van der Waals surface area contributed by atoms with E-state index in [1.54, 1.807) is 5.57 Å². The molecule has 0 aromatic heterocycles. The second kappa shape index (κ2) is 5.19. The van der Waals surface area contributed by atoms with E-state index in [2.05, 4.69) is 45.6 Å². The number of allylic oxidation sites excluding steroid dienone is 5. The molecular weight excluding hydrogens is 168 g/mol. The summed E-state index contributed by atoms with van der Waals surface area (Å²) in [6, 6.07) is 0. The minimum Gasteiger partial charge on any atom is -0.0998 e. The summed E-state index contributed by atoms with van der Waals surface area (Å²) >= 11 is 0. The average Bonchev–Trinajstić information content (AvgIpc) is 2.16. The topological polar surface area (TPSA) is 0 Å². The highest BCUT2D eigenvalue weighted by atomic mass is 14.3. The normalized spacial score (nSPS) is 27.8. The molecule has 0 bridgehead atoms. The summed E-state index contributed by atoms with van der Waals surface area (Å²) in [6.45, 7) is 10.6. The van der Waals surface area contributed by atoms with Crippen LogP contribution in [-0.4, -0.2) is 0 Å². The molecule has 0 saturated heterocycles. The summed E-state index contributed by atoms with van der Waals surface area (Å²) in [5.74, 6) is 1.47. The summed E-state index contributed by atoms with van der Waals surface area (Å²) in [5.41, 5.74) is 2.92. The Labute approximate surface area is 88.4 Å². The third-order valence-electron chi connectivity index (χ3n) is 3.29. The van der Waals surface area contributed by atoms with Crippen molar-refractivity contribution in [1.82, 2.24) is 0 Å². The minimum atomic E-state index is 0.717. The Morgan fingerprint density at radius 1 is 1.64 bits per heavy atom. The maximum Gasteiger partial charge on any atom is -0.0166 e. The van der Waals surface area contributed by atoms with Crippen molar-refractivity contribution in [3.8, 4) is 0 Å². The zero-order valence-corrected chi connectivity index (χ0v) is 9.72. The molecule has 0 fully saturated rings. The molecule has 0 heterocycles. The molecule has 1 unspecified atom stereocenters. The molecule has 0 radical (unpaired) electrons. The lowest BCUT2D eigenvalue weighted by Gasteiger charge is -2.28. The lowest BCUT2D eigenvalue weighted by molar-refractivity contribution is 0.428. The first kappa shape index (κ1) is 11.3. The number of hydrogen-bond donors (Lipinski definition) is 0. The van der Waals surface area contributed by atoms with Gasteiger partial charge in [-0.1, -0.05) is 36.0 Å². The zero-order valence-electron chi connectivity index (χ0n) is 9.72. The van der Waals surface area contributed by atoms with Crippen LogP contribution < -0.4 is 0 Å². The maximum atomic E-state index is 4.07. The van der Waals surface area contributed by atoms with Crippen LogP contribution in [0.1, 0.15) is 40.0 Å². The summed E-state index contributed by atoms with van der Waals surface area (Å²) in [4.78, 5) is 0. The van der Waals surface area contributed by atoms with E-state index in [0.29, 0.717) is 5.92 Å². The molecule has 78 valence electrons. The van der Waals surface area contributed by atoms with E-state index in [0.717, 1.165) is 5.92 Å². The number of rotatable bonds is 3. The quantitative estimate of drug-likeness (QED) is 0.575. The van der Waals surface area contributed by atoms with Crippen molar-refractivity contribution in [2.24, 2.45) is 11.8 Å². The minimum absolute atomic E-state index is 0.717. The van der Waals surface area contributed by atoms with Gasteiger partial charge in [-0.3, -0.25) is 0 Å². The smallest absolute Gasteiger partial charge is 0.0166 e. The fourth-order valence-electron chi connectivity index (χ4n) is 2.11. The first-order valence-corrected chi connectivity index (χ1v) is 5.58. The largest absolute Gasteiger partial charge is 0.0998 e. The van der Waals surface area contributed by atoms with Crippen LogP contribution >= 0.6 is 0 Å². The molecule has 1 aliphatic rings. The highest BCUT2D eigenvalue weighted by Gasteiger charge is 2.21. The highest BCUT2D eigenvalue weighted by Crippen LogP contribution is 2.34. The lowest BCUT2D eigenvalue weighted by atomic mass is 9.77. The molecule has 0 aliphatic heterocycles. The predicted molar refractivity (Wildman–Crippen MR) is 64.2 cm³/mol. The summed E-state index contributed by atoms with van der Waals surface area (Å²) in [6.07, 6.45) is 10.5. The highest BCUT2D eigenvalue weighted by molar-refractivity contribution is 5.14. The van der Waals surface area contributed by atoms with Crippen LogP contribution in [0.3, 0.4) is 0 Å². The standard InChI is InChI=1S/C14H22/c1-5-6-7-14-10-13(11(2)3)9-8-12(14)4/h5-6,8,13-14H,2,7,9-10H2,1,3-4H3/b6-5-/t13-,14?/m1/s1. The molecule has 14 heavy (non-hydrogen) atoms. The van der Waals surface area contributed by atoms with E-state index in [1.165, 1.54) is 24.8 Å². The molecule has 0 aromatic carbocycles. The first-order chi connectivity index (χ1) is 6.65. The van der Waals surface area contributed by atoms with Gasteiger partial charge in [-0.2, -0.15) is 0 Å². The summed E-state index contributed by atoms with van der Waals surface area (Å²) in [7, 11) is 0. The van der Waals surface area contributed by atoms with Crippen LogP contribution in [-0.2, 0) is 0 Å². The fourth-order valence-corrected chi connectivity index (χ4v) is 2.11. The fraction of sp³-hybridized carbons (Fsp3) is 0.571. The average molecular weight is 190 g/mol. The van der Waals surface area contributed by atoms with E-state index in [9.17, 15) is 0 Å². The Hall–Kier alpha value is -0.780. The SMILES string of the molecule is C=C(C)[C@@H]1CC=C(C)C(C/C=C\C)C1. The molecule has 1 aliphatic carbocycles. The predicted octanol–water partition coefficient (Wildman–Crippen LogP) is 4.50. The van der Waals surface area contributed by atoms with E-state index < -0.39 is 0 Å². The van der Waals surface area contributed by atoms with Crippen molar-refractivity contribution in [3.63, 3.8) is 0 Å². The Kier molecular flexibility index (Phi) is 4.19. The molecule has 0 nitrogen and oxygen atoms in total. The molecule has 0 aromatic rings. The van der Waals surface area contributed by atoms with E-state index in [1.807, 2.05) is 0 Å². The molecule has 0 spiro atoms. The Balaban J connectivity index is 2.61. The van der Waals surface area contributed by atoms with Crippen molar-refractivity contribution >= 4 is 0 Å². The van der Waals surface area contributed by atoms with Crippen LogP contribution in [0.4, 0.5) is 0 Å².